The van der Waals surface area contributed by atoms with Gasteiger partial charge in [0.2, 0.25) is 0 Å². The van der Waals surface area contributed by atoms with Gasteiger partial charge in [-0.2, -0.15) is 0 Å². The van der Waals surface area contributed by atoms with Crippen molar-refractivity contribution in [1.82, 2.24) is 5.32 Å². The third-order valence-corrected chi connectivity index (χ3v) is 4.66. The Morgan fingerprint density at radius 3 is 2.68 bits per heavy atom. The number of hydrogen-bond acceptors (Lipinski definition) is 2. The second-order valence-corrected chi connectivity index (χ2v) is 6.97. The highest BCUT2D eigenvalue weighted by Crippen LogP contribution is 2.36. The largest absolute Gasteiger partial charge is 0.351 e. The van der Waals surface area contributed by atoms with Crippen molar-refractivity contribution in [2.24, 2.45) is 5.41 Å². The van der Waals surface area contributed by atoms with Crippen molar-refractivity contribution in [3.8, 4) is 10.4 Å². The van der Waals surface area contributed by atoms with Gasteiger partial charge in [-0.25, -0.2) is 0 Å². The zero-order valence-corrected chi connectivity index (χ0v) is 12.0. The Hall–Kier alpha value is -1.61. The topological polar surface area (TPSA) is 29.1 Å². The van der Waals surface area contributed by atoms with Gasteiger partial charge in [0.05, 0.1) is 5.56 Å². The van der Waals surface area contributed by atoms with Crippen LogP contribution in [0.2, 0.25) is 0 Å². The van der Waals surface area contributed by atoms with Gasteiger partial charge in [0.25, 0.3) is 5.91 Å². The van der Waals surface area contributed by atoms with Gasteiger partial charge in [0.15, 0.2) is 0 Å². The van der Waals surface area contributed by atoms with E-state index in [-0.39, 0.29) is 11.3 Å². The van der Waals surface area contributed by atoms with E-state index < -0.39 is 0 Å². The number of amides is 1. The van der Waals surface area contributed by atoms with E-state index in [1.165, 1.54) is 15.3 Å². The van der Waals surface area contributed by atoms with Crippen molar-refractivity contribution in [3.63, 3.8) is 0 Å². The zero-order valence-electron chi connectivity index (χ0n) is 11.2. The molecular weight excluding hydrogens is 254 g/mol. The molecule has 0 fully saturated rings. The molecule has 2 nitrogen and oxygen atoms in total. The van der Waals surface area contributed by atoms with Gasteiger partial charge in [0.1, 0.15) is 0 Å². The highest BCUT2D eigenvalue weighted by atomic mass is 32.1. The predicted molar refractivity (Wildman–Crippen MR) is 79.6 cm³/mol. The minimum Gasteiger partial charge on any atom is -0.351 e. The fourth-order valence-electron chi connectivity index (χ4n) is 2.41. The number of carbonyl (C=O) groups excluding carboxylic acids is 1. The summed E-state index contributed by atoms with van der Waals surface area (Å²) < 4.78 is 0. The molecule has 3 rings (SSSR count). The van der Waals surface area contributed by atoms with Crippen LogP contribution in [0.25, 0.3) is 10.4 Å². The molecule has 1 aromatic heterocycles. The fourth-order valence-corrected chi connectivity index (χ4v) is 3.83. The maximum Gasteiger partial charge on any atom is 0.252 e. The van der Waals surface area contributed by atoms with Crippen LogP contribution in [-0.2, 0) is 6.42 Å². The molecule has 1 aromatic carbocycles. The molecule has 0 unspecified atom stereocenters. The predicted octanol–water partition coefficient (Wildman–Crippen LogP) is 3.73. The molecule has 0 radical (unpaired) electrons. The molecule has 0 aliphatic carbocycles. The van der Waals surface area contributed by atoms with E-state index in [1.807, 2.05) is 24.3 Å². The molecule has 0 bridgehead atoms. The Kier molecular flexibility index (Phi) is 2.94. The molecule has 2 aromatic rings. The van der Waals surface area contributed by atoms with Crippen molar-refractivity contribution in [2.75, 3.05) is 6.54 Å². The molecular formula is C16H17NOS. The monoisotopic (exact) mass is 271 g/mol. The lowest BCUT2D eigenvalue weighted by Gasteiger charge is -2.21. The van der Waals surface area contributed by atoms with Gasteiger partial charge in [-0.1, -0.05) is 44.2 Å². The number of benzene rings is 1. The van der Waals surface area contributed by atoms with Crippen LogP contribution in [0.3, 0.4) is 0 Å². The summed E-state index contributed by atoms with van der Waals surface area (Å²) >= 11 is 1.75. The average Bonchev–Trinajstić information content (AvgIpc) is 2.76. The Morgan fingerprint density at radius 2 is 1.95 bits per heavy atom. The van der Waals surface area contributed by atoms with Crippen molar-refractivity contribution < 1.29 is 4.79 Å². The third kappa shape index (κ3) is 2.43. The molecule has 1 amide bonds. The standard InChI is InChI=1S/C16H17NOS/c1-16(2)9-14-12(15(18)17-10-16)8-13(19-14)11-6-4-3-5-7-11/h3-8H,9-10H2,1-2H3,(H,17,18). The summed E-state index contributed by atoms with van der Waals surface area (Å²) in [4.78, 5) is 14.5. The normalized spacial score (nSPS) is 17.5. The zero-order chi connectivity index (χ0) is 13.5. The van der Waals surface area contributed by atoms with Crippen LogP contribution in [0.15, 0.2) is 36.4 Å². The van der Waals surface area contributed by atoms with Crippen molar-refractivity contribution >= 4 is 17.2 Å². The molecule has 1 aliphatic heterocycles. The first-order chi connectivity index (χ1) is 9.05. The van der Waals surface area contributed by atoms with E-state index >= 15 is 0 Å². The first-order valence-corrected chi connectivity index (χ1v) is 7.33. The molecule has 3 heteroatoms. The van der Waals surface area contributed by atoms with Crippen LogP contribution in [0.4, 0.5) is 0 Å². The molecule has 98 valence electrons. The average molecular weight is 271 g/mol. The molecule has 2 heterocycles. The van der Waals surface area contributed by atoms with Gasteiger partial charge in [-0.3, -0.25) is 4.79 Å². The van der Waals surface area contributed by atoms with Gasteiger partial charge < -0.3 is 5.32 Å². The van der Waals surface area contributed by atoms with Crippen LogP contribution in [0.5, 0.6) is 0 Å². The highest BCUT2D eigenvalue weighted by Gasteiger charge is 2.28. The summed E-state index contributed by atoms with van der Waals surface area (Å²) in [5, 5.41) is 3.02. The number of rotatable bonds is 1. The molecule has 0 atom stereocenters. The number of nitrogens with one attached hydrogen (secondary N) is 1. The summed E-state index contributed by atoms with van der Waals surface area (Å²) in [6.45, 7) is 5.14. The molecule has 19 heavy (non-hydrogen) atoms. The molecule has 0 spiro atoms. The Balaban J connectivity index is 2.05. The van der Waals surface area contributed by atoms with Crippen molar-refractivity contribution in [3.05, 3.63) is 46.8 Å². The number of hydrogen-bond donors (Lipinski definition) is 1. The maximum atomic E-state index is 12.1. The number of carbonyl (C=O) groups is 1. The fraction of sp³-hybridized carbons (Fsp3) is 0.312. The highest BCUT2D eigenvalue weighted by molar-refractivity contribution is 7.15. The number of thiophene rings is 1. The molecule has 0 saturated carbocycles. The van der Waals surface area contributed by atoms with E-state index in [2.05, 4.69) is 31.3 Å². The van der Waals surface area contributed by atoms with Crippen LogP contribution in [0.1, 0.15) is 29.1 Å². The lowest BCUT2D eigenvalue weighted by Crippen LogP contribution is -2.31. The van der Waals surface area contributed by atoms with E-state index in [0.717, 1.165) is 18.5 Å². The summed E-state index contributed by atoms with van der Waals surface area (Å²) in [5.74, 6) is 0.0685. The second kappa shape index (κ2) is 4.49. The van der Waals surface area contributed by atoms with Crippen molar-refractivity contribution in [2.45, 2.75) is 20.3 Å². The van der Waals surface area contributed by atoms with Crippen LogP contribution in [-0.4, -0.2) is 12.5 Å². The number of fused-ring (bicyclic) bond motifs is 1. The Labute approximate surface area is 117 Å². The van der Waals surface area contributed by atoms with Crippen LogP contribution < -0.4 is 5.32 Å². The first-order valence-electron chi connectivity index (χ1n) is 6.51. The third-order valence-electron chi connectivity index (χ3n) is 3.48. The van der Waals surface area contributed by atoms with Gasteiger partial charge in [0, 0.05) is 16.3 Å². The summed E-state index contributed by atoms with van der Waals surface area (Å²) in [6, 6.07) is 12.3. The van der Waals surface area contributed by atoms with Crippen molar-refractivity contribution in [1.29, 1.82) is 0 Å². The van der Waals surface area contributed by atoms with Crippen LogP contribution in [0, 0.1) is 5.41 Å². The maximum absolute atomic E-state index is 12.1. The Morgan fingerprint density at radius 1 is 1.21 bits per heavy atom. The minimum atomic E-state index is 0.0685. The summed E-state index contributed by atoms with van der Waals surface area (Å²) in [5.41, 5.74) is 2.17. The van der Waals surface area contributed by atoms with E-state index in [4.69, 9.17) is 0 Å². The lowest BCUT2D eigenvalue weighted by molar-refractivity contribution is 0.0945. The molecule has 0 saturated heterocycles. The van der Waals surface area contributed by atoms with E-state index in [0.29, 0.717) is 0 Å². The van der Waals surface area contributed by atoms with E-state index in [9.17, 15) is 4.79 Å². The molecule has 1 aliphatic rings. The van der Waals surface area contributed by atoms with E-state index in [1.54, 1.807) is 11.3 Å². The lowest BCUT2D eigenvalue weighted by atomic mass is 9.89. The smallest absolute Gasteiger partial charge is 0.252 e. The summed E-state index contributed by atoms with van der Waals surface area (Å²) in [7, 11) is 0. The van der Waals surface area contributed by atoms with Gasteiger partial charge >= 0.3 is 0 Å². The van der Waals surface area contributed by atoms with Gasteiger partial charge in [-0.15, -0.1) is 11.3 Å². The van der Waals surface area contributed by atoms with Crippen LogP contribution >= 0.6 is 11.3 Å². The quantitative estimate of drug-likeness (QED) is 0.841. The SMILES string of the molecule is CC1(C)CNC(=O)c2cc(-c3ccccc3)sc2C1. The summed E-state index contributed by atoms with van der Waals surface area (Å²) in [6.07, 6.45) is 0.957. The van der Waals surface area contributed by atoms with Gasteiger partial charge in [-0.05, 0) is 23.5 Å². The minimum absolute atomic E-state index is 0.0685. The second-order valence-electron chi connectivity index (χ2n) is 5.84. The first kappa shape index (κ1) is 12.4. The Bertz CT molecular complexity index is 613. The molecule has 1 N–H and O–H groups in total.